The number of aliphatic hydroxyl groups excluding tert-OH is 1. The van der Waals surface area contributed by atoms with Crippen LogP contribution in [0, 0.1) is 0 Å². The van der Waals surface area contributed by atoms with Crippen LogP contribution < -0.4 is 4.74 Å². The summed E-state index contributed by atoms with van der Waals surface area (Å²) in [6.45, 7) is 0.631. The van der Waals surface area contributed by atoms with E-state index in [1.807, 2.05) is 12.1 Å². The molecule has 1 heterocycles. The summed E-state index contributed by atoms with van der Waals surface area (Å²) in [5.74, 6) is 0.865. The molecule has 2 atom stereocenters. The lowest BCUT2D eigenvalue weighted by Crippen LogP contribution is -2.23. The highest BCUT2D eigenvalue weighted by atomic mass is 16.5. The Bertz CT molecular complexity index is 579. The van der Waals surface area contributed by atoms with E-state index in [1.165, 1.54) is 5.39 Å². The Hall–Kier alpha value is -1.58. The molecule has 0 spiro atoms. The van der Waals surface area contributed by atoms with Gasteiger partial charge in [0.15, 0.2) is 0 Å². The lowest BCUT2D eigenvalue weighted by Gasteiger charge is -2.27. The molecule has 3 rings (SSSR count). The molecule has 0 aliphatic carbocycles. The minimum atomic E-state index is -0.245. The van der Waals surface area contributed by atoms with Crippen molar-refractivity contribution < 1.29 is 14.6 Å². The minimum Gasteiger partial charge on any atom is -0.497 e. The van der Waals surface area contributed by atoms with Gasteiger partial charge in [0.05, 0.1) is 19.3 Å². The van der Waals surface area contributed by atoms with Crippen LogP contribution in [-0.2, 0) is 4.74 Å². The first-order valence-corrected chi connectivity index (χ1v) is 6.63. The molecule has 1 saturated heterocycles. The zero-order valence-corrected chi connectivity index (χ0v) is 11.0. The number of rotatable bonds is 2. The summed E-state index contributed by atoms with van der Waals surface area (Å²) in [5.41, 5.74) is 1.14. The molecule has 0 radical (unpaired) electrons. The SMILES string of the molecule is COc1ccc2cc([C@H]3C[C@@H](O)CCO3)ccc2c1. The predicted molar refractivity (Wildman–Crippen MR) is 74.4 cm³/mol. The number of ether oxygens (including phenoxy) is 2. The van der Waals surface area contributed by atoms with Gasteiger partial charge in [-0.1, -0.05) is 18.2 Å². The second-order valence-corrected chi connectivity index (χ2v) is 5.01. The molecule has 1 aliphatic heterocycles. The van der Waals surface area contributed by atoms with Crippen molar-refractivity contribution >= 4 is 10.8 Å². The number of fused-ring (bicyclic) bond motifs is 1. The maximum absolute atomic E-state index is 9.73. The van der Waals surface area contributed by atoms with Gasteiger partial charge < -0.3 is 14.6 Å². The normalized spacial score (nSPS) is 23.5. The number of aliphatic hydroxyl groups is 1. The lowest BCUT2D eigenvalue weighted by molar-refractivity contribution is -0.0447. The Morgan fingerprint density at radius 1 is 1.16 bits per heavy atom. The molecule has 1 fully saturated rings. The molecule has 2 aromatic rings. The van der Waals surface area contributed by atoms with Gasteiger partial charge in [-0.3, -0.25) is 0 Å². The maximum atomic E-state index is 9.73. The monoisotopic (exact) mass is 258 g/mol. The Morgan fingerprint density at radius 3 is 2.74 bits per heavy atom. The van der Waals surface area contributed by atoms with Gasteiger partial charge in [-0.25, -0.2) is 0 Å². The van der Waals surface area contributed by atoms with Crippen molar-refractivity contribution in [2.24, 2.45) is 0 Å². The van der Waals surface area contributed by atoms with Gasteiger partial charge in [0.25, 0.3) is 0 Å². The van der Waals surface area contributed by atoms with Crippen LogP contribution in [0.5, 0.6) is 5.75 Å². The molecule has 100 valence electrons. The van der Waals surface area contributed by atoms with Gasteiger partial charge >= 0.3 is 0 Å². The molecule has 0 unspecified atom stereocenters. The Morgan fingerprint density at radius 2 is 1.95 bits per heavy atom. The fourth-order valence-corrected chi connectivity index (χ4v) is 2.58. The maximum Gasteiger partial charge on any atom is 0.119 e. The zero-order valence-electron chi connectivity index (χ0n) is 11.0. The van der Waals surface area contributed by atoms with Crippen molar-refractivity contribution in [3.05, 3.63) is 42.0 Å². The van der Waals surface area contributed by atoms with Crippen molar-refractivity contribution in [3.8, 4) is 5.75 Å². The summed E-state index contributed by atoms with van der Waals surface area (Å²) in [4.78, 5) is 0. The summed E-state index contributed by atoms with van der Waals surface area (Å²) in [6.07, 6.45) is 1.18. The molecule has 19 heavy (non-hydrogen) atoms. The molecule has 2 aromatic carbocycles. The van der Waals surface area contributed by atoms with Crippen LogP contribution in [-0.4, -0.2) is 24.9 Å². The Labute approximate surface area is 112 Å². The first-order chi connectivity index (χ1) is 9.26. The number of methoxy groups -OCH3 is 1. The zero-order chi connectivity index (χ0) is 13.2. The molecular formula is C16H18O3. The van der Waals surface area contributed by atoms with Crippen molar-refractivity contribution in [1.29, 1.82) is 0 Å². The number of hydrogen-bond donors (Lipinski definition) is 1. The highest BCUT2D eigenvalue weighted by molar-refractivity contribution is 5.84. The van der Waals surface area contributed by atoms with Crippen LogP contribution in [0.25, 0.3) is 10.8 Å². The first kappa shape index (κ1) is 12.5. The van der Waals surface area contributed by atoms with E-state index in [1.54, 1.807) is 7.11 Å². The van der Waals surface area contributed by atoms with Crippen LogP contribution in [0.3, 0.4) is 0 Å². The topological polar surface area (TPSA) is 38.7 Å². The Kier molecular flexibility index (Phi) is 3.40. The standard InChI is InChI=1S/C16H18O3/c1-18-15-5-4-11-8-13(3-2-12(11)9-15)16-10-14(17)6-7-19-16/h2-5,8-9,14,16-17H,6-7,10H2,1H3/t14-,16+/m0/s1. The molecule has 1 N–H and O–H groups in total. The second-order valence-electron chi connectivity index (χ2n) is 5.01. The van der Waals surface area contributed by atoms with Gasteiger partial charge in [0, 0.05) is 13.0 Å². The quantitative estimate of drug-likeness (QED) is 0.899. The van der Waals surface area contributed by atoms with Crippen molar-refractivity contribution in [2.45, 2.75) is 25.0 Å². The second kappa shape index (κ2) is 5.19. The number of benzene rings is 2. The first-order valence-electron chi connectivity index (χ1n) is 6.63. The van der Waals surface area contributed by atoms with Crippen molar-refractivity contribution in [2.75, 3.05) is 13.7 Å². The smallest absolute Gasteiger partial charge is 0.119 e. The molecular weight excluding hydrogens is 240 g/mol. The highest BCUT2D eigenvalue weighted by Crippen LogP contribution is 2.31. The summed E-state index contributed by atoms with van der Waals surface area (Å²) >= 11 is 0. The van der Waals surface area contributed by atoms with E-state index in [9.17, 15) is 5.11 Å². The third-order valence-electron chi connectivity index (χ3n) is 3.70. The fraction of sp³-hybridized carbons (Fsp3) is 0.375. The van der Waals surface area contributed by atoms with Gasteiger partial charge in [-0.05, 0) is 41.0 Å². The lowest BCUT2D eigenvalue weighted by atomic mass is 9.97. The molecule has 0 aromatic heterocycles. The molecule has 0 saturated carbocycles. The summed E-state index contributed by atoms with van der Waals surface area (Å²) < 4.78 is 11.0. The number of hydrogen-bond acceptors (Lipinski definition) is 3. The van der Waals surface area contributed by atoms with E-state index in [2.05, 4.69) is 24.3 Å². The molecule has 3 heteroatoms. The highest BCUT2D eigenvalue weighted by Gasteiger charge is 2.22. The van der Waals surface area contributed by atoms with Gasteiger partial charge in [-0.2, -0.15) is 0 Å². The van der Waals surface area contributed by atoms with E-state index in [0.29, 0.717) is 13.0 Å². The van der Waals surface area contributed by atoms with Crippen molar-refractivity contribution in [1.82, 2.24) is 0 Å². The van der Waals surface area contributed by atoms with Crippen LogP contribution in [0.1, 0.15) is 24.5 Å². The van der Waals surface area contributed by atoms with E-state index in [0.717, 1.165) is 23.1 Å². The molecule has 0 bridgehead atoms. The summed E-state index contributed by atoms with van der Waals surface area (Å²) in [5, 5.41) is 12.0. The van der Waals surface area contributed by atoms with Gasteiger partial charge in [-0.15, -0.1) is 0 Å². The third kappa shape index (κ3) is 2.57. The minimum absolute atomic E-state index is 0.00949. The molecule has 1 aliphatic rings. The Balaban J connectivity index is 1.93. The van der Waals surface area contributed by atoms with E-state index in [-0.39, 0.29) is 12.2 Å². The van der Waals surface area contributed by atoms with Gasteiger partial charge in [0.2, 0.25) is 0 Å². The molecule has 0 amide bonds. The molecule has 3 nitrogen and oxygen atoms in total. The largest absolute Gasteiger partial charge is 0.497 e. The third-order valence-corrected chi connectivity index (χ3v) is 3.70. The van der Waals surface area contributed by atoms with Crippen molar-refractivity contribution in [3.63, 3.8) is 0 Å². The predicted octanol–water partition coefficient (Wildman–Crippen LogP) is 3.06. The van der Waals surface area contributed by atoms with E-state index >= 15 is 0 Å². The summed E-state index contributed by atoms with van der Waals surface area (Å²) in [7, 11) is 1.67. The average molecular weight is 258 g/mol. The summed E-state index contributed by atoms with van der Waals surface area (Å²) in [6, 6.07) is 12.3. The van der Waals surface area contributed by atoms with Gasteiger partial charge in [0.1, 0.15) is 5.75 Å². The van der Waals surface area contributed by atoms with Crippen LogP contribution >= 0.6 is 0 Å². The van der Waals surface area contributed by atoms with E-state index in [4.69, 9.17) is 9.47 Å². The van der Waals surface area contributed by atoms with Crippen LogP contribution in [0.15, 0.2) is 36.4 Å². The average Bonchev–Trinajstić information content (AvgIpc) is 2.46. The van der Waals surface area contributed by atoms with Crippen LogP contribution in [0.4, 0.5) is 0 Å². The van der Waals surface area contributed by atoms with E-state index < -0.39 is 0 Å². The van der Waals surface area contributed by atoms with Crippen LogP contribution in [0.2, 0.25) is 0 Å². The fourth-order valence-electron chi connectivity index (χ4n) is 2.58.